The Bertz CT molecular complexity index is 705. The molecule has 0 atom stereocenters. The molecular weight excluding hydrogens is 607 g/mol. The highest BCUT2D eigenvalue weighted by Crippen LogP contribution is 2.17. The number of aromatic nitrogens is 3. The van der Waals surface area contributed by atoms with Crippen LogP contribution in [0.3, 0.4) is 0 Å². The fourth-order valence-corrected chi connectivity index (χ4v) is 7.64. The molecule has 293 valence electrons. The lowest BCUT2D eigenvalue weighted by Crippen LogP contribution is -2.03. The first-order valence-corrected chi connectivity index (χ1v) is 23.5. The molecule has 0 aliphatic heterocycles. The van der Waals surface area contributed by atoms with E-state index >= 15 is 0 Å². The minimum Gasteiger partial charge on any atom is -0.218 e. The predicted molar refractivity (Wildman–Crippen MR) is 222 cm³/mol. The molecule has 0 fully saturated rings. The maximum absolute atomic E-state index is 4.76. The molecule has 1 aromatic heterocycles. The van der Waals surface area contributed by atoms with Crippen LogP contribution in [-0.4, -0.2) is 15.0 Å². The van der Waals surface area contributed by atoms with Crippen LogP contribution in [0, 0.1) is 6.33 Å². The summed E-state index contributed by atoms with van der Waals surface area (Å²) in [6, 6.07) is 0. The van der Waals surface area contributed by atoms with Crippen molar-refractivity contribution in [2.24, 2.45) is 0 Å². The average molecular weight is 697 g/mol. The zero-order valence-corrected chi connectivity index (χ0v) is 34.5. The molecular formula is C47H90N3. The van der Waals surface area contributed by atoms with Crippen molar-refractivity contribution in [1.82, 2.24) is 15.0 Å². The largest absolute Gasteiger partial charge is 0.218 e. The summed E-state index contributed by atoms with van der Waals surface area (Å²) in [5.74, 6) is 1.93. The smallest absolute Gasteiger partial charge is 0.201 e. The van der Waals surface area contributed by atoms with Crippen LogP contribution in [0.5, 0.6) is 0 Å². The van der Waals surface area contributed by atoms with Gasteiger partial charge in [-0.05, 0) is 12.8 Å². The Kier molecular flexibility index (Phi) is 38.4. The minimum absolute atomic E-state index is 0.963. The molecule has 0 N–H and O–H groups in total. The van der Waals surface area contributed by atoms with Crippen molar-refractivity contribution in [3.63, 3.8) is 0 Å². The van der Waals surface area contributed by atoms with Gasteiger partial charge in [0.05, 0.1) is 0 Å². The highest BCUT2D eigenvalue weighted by Gasteiger charge is 2.03. The third kappa shape index (κ3) is 35.4. The molecule has 3 nitrogen and oxygen atoms in total. The fourth-order valence-electron chi connectivity index (χ4n) is 7.64. The Balaban J connectivity index is 1.80. The second kappa shape index (κ2) is 40.8. The normalized spacial score (nSPS) is 11.6. The molecule has 1 aromatic rings. The summed E-state index contributed by atoms with van der Waals surface area (Å²) in [5, 5.41) is 0. The Labute approximate surface area is 315 Å². The fraction of sp³-hybridized carbons (Fsp3) is 0.936. The van der Waals surface area contributed by atoms with Crippen LogP contribution in [0.1, 0.15) is 282 Å². The van der Waals surface area contributed by atoms with E-state index in [0.29, 0.717) is 0 Å². The number of hydrogen-bond donors (Lipinski definition) is 0. The van der Waals surface area contributed by atoms with Gasteiger partial charge >= 0.3 is 0 Å². The zero-order chi connectivity index (χ0) is 35.7. The lowest BCUT2D eigenvalue weighted by atomic mass is 10.0. The molecule has 0 aromatic carbocycles. The standard InChI is InChI=1S/C47H90N3/c1-3-5-7-9-11-13-15-17-19-21-23-25-27-29-31-33-35-37-39-41-43-46-48-45-49-47(50-46)44-42-40-38-36-34-32-30-28-26-24-22-20-18-16-14-12-10-8-6-4-2/h3-44H2,1-2H3. The van der Waals surface area contributed by atoms with Crippen molar-refractivity contribution in [3.05, 3.63) is 18.0 Å². The lowest BCUT2D eigenvalue weighted by molar-refractivity contribution is 0.520. The van der Waals surface area contributed by atoms with Crippen LogP contribution >= 0.6 is 0 Å². The van der Waals surface area contributed by atoms with Crippen LogP contribution in [0.4, 0.5) is 0 Å². The van der Waals surface area contributed by atoms with Gasteiger partial charge in [-0.3, -0.25) is 0 Å². The molecule has 0 bridgehead atoms. The van der Waals surface area contributed by atoms with E-state index < -0.39 is 0 Å². The molecule has 1 heterocycles. The van der Waals surface area contributed by atoms with Gasteiger partial charge in [0.1, 0.15) is 11.6 Å². The van der Waals surface area contributed by atoms with Crippen LogP contribution in [-0.2, 0) is 12.8 Å². The number of rotatable bonds is 42. The molecule has 0 amide bonds. The third-order valence-corrected chi connectivity index (χ3v) is 11.1. The molecule has 0 unspecified atom stereocenters. The summed E-state index contributed by atoms with van der Waals surface area (Å²) < 4.78 is 0. The predicted octanol–water partition coefficient (Wildman–Crippen LogP) is 16.4. The SMILES string of the molecule is CCCCCCCCCCCCCCCCCCCCCCc1n[c]nc(CCCCCCCCCCCCCCCCCCCCCC)n1. The number of unbranched alkanes of at least 4 members (excludes halogenated alkanes) is 38. The summed E-state index contributed by atoms with van der Waals surface area (Å²) >= 11 is 0. The van der Waals surface area contributed by atoms with Gasteiger partial charge in [-0.1, -0.05) is 258 Å². The monoisotopic (exact) mass is 697 g/mol. The lowest BCUT2D eigenvalue weighted by Gasteiger charge is -2.05. The van der Waals surface area contributed by atoms with Gasteiger partial charge in [0.25, 0.3) is 0 Å². The van der Waals surface area contributed by atoms with E-state index in [4.69, 9.17) is 4.98 Å². The van der Waals surface area contributed by atoms with Gasteiger partial charge in [-0.2, -0.15) is 0 Å². The number of nitrogens with zero attached hydrogens (tertiary/aromatic N) is 3. The Hall–Kier alpha value is -0.990. The maximum Gasteiger partial charge on any atom is 0.201 e. The highest BCUT2D eigenvalue weighted by atomic mass is 15.0. The summed E-state index contributed by atoms with van der Waals surface area (Å²) in [4.78, 5) is 13.5. The summed E-state index contributed by atoms with van der Waals surface area (Å²) in [6.07, 6.45) is 61.8. The van der Waals surface area contributed by atoms with Crippen molar-refractivity contribution in [2.45, 2.75) is 284 Å². The summed E-state index contributed by atoms with van der Waals surface area (Å²) in [6.45, 7) is 4.61. The highest BCUT2D eigenvalue weighted by molar-refractivity contribution is 4.90. The Morgan fingerprint density at radius 3 is 0.640 bits per heavy atom. The van der Waals surface area contributed by atoms with Gasteiger partial charge in [0.15, 0.2) is 0 Å². The van der Waals surface area contributed by atoms with E-state index in [-0.39, 0.29) is 0 Å². The molecule has 0 saturated heterocycles. The quantitative estimate of drug-likeness (QED) is 0.0639. The molecule has 1 rings (SSSR count). The van der Waals surface area contributed by atoms with Crippen LogP contribution in [0.2, 0.25) is 0 Å². The molecule has 50 heavy (non-hydrogen) atoms. The Morgan fingerprint density at radius 1 is 0.260 bits per heavy atom. The van der Waals surface area contributed by atoms with Crippen LogP contribution in [0.15, 0.2) is 0 Å². The van der Waals surface area contributed by atoms with Crippen molar-refractivity contribution >= 4 is 0 Å². The second-order valence-corrected chi connectivity index (χ2v) is 16.2. The molecule has 1 radical (unpaired) electrons. The van der Waals surface area contributed by atoms with Gasteiger partial charge in [-0.25, -0.2) is 15.0 Å². The van der Waals surface area contributed by atoms with E-state index in [9.17, 15) is 0 Å². The number of aryl methyl sites for hydroxylation is 2. The Morgan fingerprint density at radius 2 is 0.440 bits per heavy atom. The van der Waals surface area contributed by atoms with E-state index in [1.54, 1.807) is 0 Å². The van der Waals surface area contributed by atoms with Crippen LogP contribution < -0.4 is 0 Å². The summed E-state index contributed by atoms with van der Waals surface area (Å²) in [7, 11) is 0. The molecule has 0 aliphatic carbocycles. The van der Waals surface area contributed by atoms with E-state index in [1.165, 1.54) is 257 Å². The van der Waals surface area contributed by atoms with E-state index in [0.717, 1.165) is 24.5 Å². The van der Waals surface area contributed by atoms with Crippen molar-refractivity contribution in [3.8, 4) is 0 Å². The molecule has 3 heteroatoms. The first-order valence-electron chi connectivity index (χ1n) is 23.5. The summed E-state index contributed by atoms with van der Waals surface area (Å²) in [5.41, 5.74) is 0. The van der Waals surface area contributed by atoms with Gasteiger partial charge < -0.3 is 0 Å². The maximum atomic E-state index is 4.76. The van der Waals surface area contributed by atoms with Crippen molar-refractivity contribution < 1.29 is 0 Å². The van der Waals surface area contributed by atoms with Crippen molar-refractivity contribution in [2.75, 3.05) is 0 Å². The van der Waals surface area contributed by atoms with Gasteiger partial charge in [0, 0.05) is 12.8 Å². The van der Waals surface area contributed by atoms with E-state index in [1.807, 2.05) is 0 Å². The van der Waals surface area contributed by atoms with Crippen molar-refractivity contribution in [1.29, 1.82) is 0 Å². The zero-order valence-electron chi connectivity index (χ0n) is 34.5. The van der Waals surface area contributed by atoms with Crippen LogP contribution in [0.25, 0.3) is 0 Å². The topological polar surface area (TPSA) is 38.7 Å². The minimum atomic E-state index is 0.963. The molecule has 0 saturated carbocycles. The van der Waals surface area contributed by atoms with E-state index in [2.05, 4.69) is 30.1 Å². The molecule has 0 aliphatic rings. The van der Waals surface area contributed by atoms with Gasteiger partial charge in [-0.15, -0.1) is 0 Å². The average Bonchev–Trinajstić information content (AvgIpc) is 3.13. The first-order chi connectivity index (χ1) is 24.9. The first kappa shape index (κ1) is 47.0. The molecule has 0 spiro atoms. The third-order valence-electron chi connectivity index (χ3n) is 11.1. The van der Waals surface area contributed by atoms with Gasteiger partial charge in [0.2, 0.25) is 6.33 Å². The second-order valence-electron chi connectivity index (χ2n) is 16.2. The number of hydrogen-bond acceptors (Lipinski definition) is 3.